The molecule has 0 saturated carbocycles. The fourth-order valence-electron chi connectivity index (χ4n) is 5.15. The zero-order valence-corrected chi connectivity index (χ0v) is 21.4. The summed E-state index contributed by atoms with van der Waals surface area (Å²) in [5, 5.41) is 14.6. The number of methoxy groups -OCH3 is 1. The smallest absolute Gasteiger partial charge is 0.417 e. The van der Waals surface area contributed by atoms with Gasteiger partial charge in [0.1, 0.15) is 11.5 Å². The monoisotopic (exact) mass is 538 g/mol. The van der Waals surface area contributed by atoms with Crippen molar-refractivity contribution in [2.75, 3.05) is 25.1 Å². The highest BCUT2D eigenvalue weighted by Crippen LogP contribution is 2.44. The Hall–Kier alpha value is -3.82. The third kappa shape index (κ3) is 5.79. The Labute approximate surface area is 224 Å². The van der Waals surface area contributed by atoms with E-state index in [1.807, 2.05) is 30.3 Å². The van der Waals surface area contributed by atoms with Crippen molar-refractivity contribution in [3.05, 3.63) is 95.1 Å². The first-order valence-corrected chi connectivity index (χ1v) is 12.7. The van der Waals surface area contributed by atoms with E-state index >= 15 is 0 Å². The summed E-state index contributed by atoms with van der Waals surface area (Å²) in [7, 11) is 1.50. The SMILES string of the molecule is COc1ccc(C2=C(O)c3c(cccc3C(F)(F)F)N(CC3CC(OCc4ccccc4)CN3)C(=O)C2)cc1. The Morgan fingerprint density at radius 2 is 1.77 bits per heavy atom. The van der Waals surface area contributed by atoms with Gasteiger partial charge >= 0.3 is 6.18 Å². The van der Waals surface area contributed by atoms with Crippen LogP contribution in [0.2, 0.25) is 0 Å². The van der Waals surface area contributed by atoms with Crippen molar-refractivity contribution < 1.29 is 32.5 Å². The van der Waals surface area contributed by atoms with Gasteiger partial charge in [0, 0.05) is 24.7 Å². The number of hydrogen-bond donors (Lipinski definition) is 2. The Morgan fingerprint density at radius 1 is 1.03 bits per heavy atom. The maximum Gasteiger partial charge on any atom is 0.417 e. The maximum absolute atomic E-state index is 14.1. The number of ether oxygens (including phenoxy) is 2. The molecule has 3 aromatic rings. The molecule has 6 nitrogen and oxygen atoms in total. The predicted octanol–water partition coefficient (Wildman–Crippen LogP) is 5.82. The number of aliphatic hydroxyl groups is 1. The number of anilines is 1. The Morgan fingerprint density at radius 3 is 2.46 bits per heavy atom. The van der Waals surface area contributed by atoms with Crippen LogP contribution in [0.3, 0.4) is 0 Å². The first-order valence-electron chi connectivity index (χ1n) is 12.7. The van der Waals surface area contributed by atoms with Gasteiger partial charge in [0.15, 0.2) is 0 Å². The molecule has 0 radical (unpaired) electrons. The highest BCUT2D eigenvalue weighted by molar-refractivity contribution is 6.09. The third-order valence-corrected chi connectivity index (χ3v) is 7.14. The highest BCUT2D eigenvalue weighted by atomic mass is 19.4. The molecule has 2 aliphatic rings. The standard InChI is InChI=1S/C30H29F3N2O4/c1-38-22-12-10-20(11-13-22)24-15-27(36)35(26-9-5-8-25(30(31,32)33)28(26)29(24)37)17-21-14-23(16-34-21)39-18-19-6-3-2-4-7-19/h2-13,21,23,34,37H,14-18H2,1H3. The molecule has 1 saturated heterocycles. The van der Waals surface area contributed by atoms with Crippen molar-refractivity contribution >= 4 is 22.9 Å². The zero-order chi connectivity index (χ0) is 27.6. The predicted molar refractivity (Wildman–Crippen MR) is 142 cm³/mol. The zero-order valence-electron chi connectivity index (χ0n) is 21.4. The number of aliphatic hydroxyl groups excluding tert-OH is 1. The van der Waals surface area contributed by atoms with E-state index in [1.165, 1.54) is 24.1 Å². The summed E-state index contributed by atoms with van der Waals surface area (Å²) in [5.41, 5.74) is 0.269. The van der Waals surface area contributed by atoms with Crippen molar-refractivity contribution in [2.45, 2.75) is 37.8 Å². The molecular formula is C30H29F3N2O4. The first kappa shape index (κ1) is 26.8. The van der Waals surface area contributed by atoms with Crippen LogP contribution in [-0.4, -0.2) is 43.4 Å². The van der Waals surface area contributed by atoms with Crippen molar-refractivity contribution in [1.29, 1.82) is 0 Å². The number of rotatable bonds is 7. The summed E-state index contributed by atoms with van der Waals surface area (Å²) in [6, 6.07) is 19.7. The van der Waals surface area contributed by atoms with Crippen LogP contribution >= 0.6 is 0 Å². The van der Waals surface area contributed by atoms with E-state index in [2.05, 4.69) is 5.32 Å². The first-order chi connectivity index (χ1) is 18.7. The molecule has 0 aliphatic carbocycles. The van der Waals surface area contributed by atoms with E-state index < -0.39 is 29.0 Å². The Balaban J connectivity index is 1.43. The lowest BCUT2D eigenvalue weighted by molar-refractivity contribution is -0.137. The number of benzene rings is 3. The lowest BCUT2D eigenvalue weighted by atomic mass is 9.95. The average Bonchev–Trinajstić information content (AvgIpc) is 3.36. The number of amides is 1. The minimum Gasteiger partial charge on any atom is -0.507 e. The van der Waals surface area contributed by atoms with Crippen molar-refractivity contribution in [3.8, 4) is 5.75 Å². The molecule has 1 amide bonds. The minimum atomic E-state index is -4.73. The molecule has 2 N–H and O–H groups in total. The van der Waals surface area contributed by atoms with Crippen molar-refractivity contribution in [1.82, 2.24) is 5.32 Å². The Kier molecular flexibility index (Phi) is 7.63. The van der Waals surface area contributed by atoms with Gasteiger partial charge in [-0.3, -0.25) is 4.79 Å². The minimum absolute atomic E-state index is 0.0336. The van der Waals surface area contributed by atoms with Gasteiger partial charge in [0.05, 0.1) is 43.1 Å². The third-order valence-electron chi connectivity index (χ3n) is 7.14. The molecule has 2 aliphatic heterocycles. The van der Waals surface area contributed by atoms with Gasteiger partial charge < -0.3 is 24.8 Å². The quantitative estimate of drug-likeness (QED) is 0.397. The molecule has 2 atom stereocenters. The summed E-state index contributed by atoms with van der Waals surface area (Å²) in [6.45, 7) is 1.15. The molecule has 9 heteroatoms. The molecule has 39 heavy (non-hydrogen) atoms. The second kappa shape index (κ2) is 11.1. The van der Waals surface area contributed by atoms with Crippen molar-refractivity contribution in [3.63, 3.8) is 0 Å². The molecule has 204 valence electrons. The number of carbonyl (C=O) groups is 1. The topological polar surface area (TPSA) is 71.0 Å². The van der Waals surface area contributed by atoms with E-state index in [-0.39, 0.29) is 36.4 Å². The fraction of sp³-hybridized carbons (Fsp3) is 0.300. The van der Waals surface area contributed by atoms with Crippen LogP contribution in [0, 0.1) is 0 Å². The summed E-state index contributed by atoms with van der Waals surface area (Å²) in [5.74, 6) is -0.406. The highest BCUT2D eigenvalue weighted by Gasteiger charge is 2.40. The Bertz CT molecular complexity index is 1360. The van der Waals surface area contributed by atoms with Gasteiger partial charge in [0.25, 0.3) is 0 Å². The van der Waals surface area contributed by atoms with Crippen molar-refractivity contribution in [2.24, 2.45) is 0 Å². The summed E-state index contributed by atoms with van der Waals surface area (Å²) in [6.07, 6.45) is -4.49. The number of alkyl halides is 3. The van der Waals surface area contributed by atoms with E-state index in [1.54, 1.807) is 24.3 Å². The number of nitrogens with zero attached hydrogens (tertiary/aromatic N) is 1. The number of carbonyl (C=O) groups excluding carboxylic acids is 1. The fourth-order valence-corrected chi connectivity index (χ4v) is 5.15. The van der Waals surface area contributed by atoms with Crippen LogP contribution in [0.25, 0.3) is 11.3 Å². The van der Waals surface area contributed by atoms with Gasteiger partial charge in [-0.25, -0.2) is 0 Å². The van der Waals surface area contributed by atoms with Gasteiger partial charge in [-0.15, -0.1) is 0 Å². The molecule has 0 bridgehead atoms. The molecule has 2 unspecified atom stereocenters. The van der Waals surface area contributed by atoms with E-state index in [4.69, 9.17) is 9.47 Å². The average molecular weight is 539 g/mol. The number of hydrogen-bond acceptors (Lipinski definition) is 5. The molecule has 1 fully saturated rings. The molecule has 5 rings (SSSR count). The van der Waals surface area contributed by atoms with Gasteiger partial charge in [0.2, 0.25) is 5.91 Å². The van der Waals surface area contributed by atoms with E-state index in [9.17, 15) is 23.1 Å². The van der Waals surface area contributed by atoms with Gasteiger partial charge in [-0.05, 0) is 41.8 Å². The lowest BCUT2D eigenvalue weighted by Gasteiger charge is -2.27. The van der Waals surface area contributed by atoms with E-state index in [0.717, 1.165) is 11.6 Å². The number of nitrogens with one attached hydrogen (secondary N) is 1. The van der Waals surface area contributed by atoms with E-state index in [0.29, 0.717) is 30.9 Å². The second-order valence-electron chi connectivity index (χ2n) is 9.69. The number of halogens is 3. The van der Waals surface area contributed by atoms with Crippen LogP contribution in [-0.2, 0) is 22.3 Å². The van der Waals surface area contributed by atoms with Crippen LogP contribution in [0.4, 0.5) is 18.9 Å². The summed E-state index contributed by atoms with van der Waals surface area (Å²) < 4.78 is 53.6. The molecule has 0 spiro atoms. The molecule has 2 heterocycles. The molecule has 0 aromatic heterocycles. The summed E-state index contributed by atoms with van der Waals surface area (Å²) >= 11 is 0. The van der Waals surface area contributed by atoms with Gasteiger partial charge in [-0.2, -0.15) is 13.2 Å². The largest absolute Gasteiger partial charge is 0.507 e. The normalized spacial score (nSPS) is 19.7. The van der Waals surface area contributed by atoms with Gasteiger partial charge in [-0.1, -0.05) is 48.5 Å². The van der Waals surface area contributed by atoms with Crippen LogP contribution in [0.1, 0.15) is 35.1 Å². The molecular weight excluding hydrogens is 509 g/mol. The van der Waals surface area contributed by atoms with Crippen LogP contribution in [0.15, 0.2) is 72.8 Å². The maximum atomic E-state index is 14.1. The van der Waals surface area contributed by atoms with Crippen LogP contribution in [0.5, 0.6) is 5.75 Å². The summed E-state index contributed by atoms with van der Waals surface area (Å²) in [4.78, 5) is 14.9. The van der Waals surface area contributed by atoms with Crippen LogP contribution < -0.4 is 15.0 Å². The number of fused-ring (bicyclic) bond motifs is 1. The molecule has 3 aromatic carbocycles. The lowest BCUT2D eigenvalue weighted by Crippen LogP contribution is -2.41. The second-order valence-corrected chi connectivity index (χ2v) is 9.69.